The number of aliphatic imine (C=N–C) groups is 1. The molecular weight excluding hydrogens is 214 g/mol. The molecule has 1 aromatic heterocycles. The van der Waals surface area contributed by atoms with Crippen LogP contribution in [0.1, 0.15) is 5.56 Å². The molecular formula is C12H11N5. The predicted octanol–water partition coefficient (Wildman–Crippen LogP) is 1.66. The summed E-state index contributed by atoms with van der Waals surface area (Å²) >= 11 is 0. The lowest BCUT2D eigenvalue weighted by molar-refractivity contribution is 0.746. The molecule has 0 saturated carbocycles. The van der Waals surface area contributed by atoms with Crippen molar-refractivity contribution in [2.24, 2.45) is 4.99 Å². The Balaban J connectivity index is 1.88. The Morgan fingerprint density at radius 1 is 1.18 bits per heavy atom. The summed E-state index contributed by atoms with van der Waals surface area (Å²) in [7, 11) is 0. The maximum atomic E-state index is 4.24. The van der Waals surface area contributed by atoms with E-state index >= 15 is 0 Å². The van der Waals surface area contributed by atoms with E-state index in [9.17, 15) is 0 Å². The zero-order chi connectivity index (χ0) is 11.5. The average Bonchev–Trinajstić information content (AvgIpc) is 2.40. The second-order valence-corrected chi connectivity index (χ2v) is 3.69. The third-order valence-electron chi connectivity index (χ3n) is 2.53. The van der Waals surface area contributed by atoms with Crippen molar-refractivity contribution in [3.05, 3.63) is 48.4 Å². The van der Waals surface area contributed by atoms with Crippen LogP contribution in [0.3, 0.4) is 0 Å². The monoisotopic (exact) mass is 225 g/mol. The first-order valence-corrected chi connectivity index (χ1v) is 5.34. The van der Waals surface area contributed by atoms with Crippen LogP contribution < -0.4 is 10.4 Å². The fraction of sp³-hybridized carbons (Fsp3) is 0.0833. The summed E-state index contributed by atoms with van der Waals surface area (Å²) < 4.78 is 0. The Morgan fingerprint density at radius 2 is 2.06 bits per heavy atom. The molecule has 3 rings (SSSR count). The largest absolute Gasteiger partial charge is 0.286 e. The maximum Gasteiger partial charge on any atom is 0.176 e. The summed E-state index contributed by atoms with van der Waals surface area (Å²) in [6.45, 7) is 0.733. The molecule has 0 atom stereocenters. The minimum absolute atomic E-state index is 0.733. The van der Waals surface area contributed by atoms with Crippen molar-refractivity contribution < 1.29 is 0 Å². The van der Waals surface area contributed by atoms with Crippen LogP contribution in [0, 0.1) is 0 Å². The summed E-state index contributed by atoms with van der Waals surface area (Å²) in [5.74, 6) is 0.798. The molecule has 5 heteroatoms. The highest BCUT2D eigenvalue weighted by molar-refractivity contribution is 5.74. The van der Waals surface area contributed by atoms with Gasteiger partial charge in [-0.3, -0.25) is 10.4 Å². The lowest BCUT2D eigenvalue weighted by Crippen LogP contribution is -2.39. The van der Waals surface area contributed by atoms with E-state index in [4.69, 9.17) is 0 Å². The van der Waals surface area contributed by atoms with Crippen molar-refractivity contribution in [2.45, 2.75) is 6.54 Å². The van der Waals surface area contributed by atoms with Crippen LogP contribution in [0.15, 0.2) is 47.8 Å². The number of hydrazine groups is 1. The number of anilines is 1. The first kappa shape index (κ1) is 9.77. The molecule has 17 heavy (non-hydrogen) atoms. The Kier molecular flexibility index (Phi) is 2.42. The molecule has 0 bridgehead atoms. The number of aromatic nitrogens is 2. The van der Waals surface area contributed by atoms with E-state index < -0.39 is 0 Å². The van der Waals surface area contributed by atoms with Gasteiger partial charge in [-0.1, -0.05) is 30.3 Å². The van der Waals surface area contributed by atoms with E-state index in [2.05, 4.69) is 32.5 Å². The van der Waals surface area contributed by atoms with Gasteiger partial charge < -0.3 is 0 Å². The third-order valence-corrected chi connectivity index (χ3v) is 2.53. The molecule has 5 nitrogen and oxygen atoms in total. The van der Waals surface area contributed by atoms with Crippen molar-refractivity contribution in [1.82, 2.24) is 15.4 Å². The molecule has 1 aliphatic heterocycles. The number of fused-ring (bicyclic) bond motifs is 1. The lowest BCUT2D eigenvalue weighted by Gasteiger charge is -2.26. The quantitative estimate of drug-likeness (QED) is 0.844. The summed E-state index contributed by atoms with van der Waals surface area (Å²) in [6, 6.07) is 10.2. The topological polar surface area (TPSA) is 53.4 Å². The molecule has 84 valence electrons. The predicted molar refractivity (Wildman–Crippen MR) is 65.9 cm³/mol. The summed E-state index contributed by atoms with van der Waals surface area (Å²) in [6.07, 6.45) is 4.88. The highest BCUT2D eigenvalue weighted by atomic mass is 15.5. The molecule has 0 spiro atoms. The Hall–Kier alpha value is -2.43. The first-order valence-electron chi connectivity index (χ1n) is 5.34. The molecule has 0 fully saturated rings. The minimum atomic E-state index is 0.733. The van der Waals surface area contributed by atoms with Crippen LogP contribution in [0.5, 0.6) is 0 Å². The van der Waals surface area contributed by atoms with Gasteiger partial charge in [0.05, 0.1) is 12.7 Å². The fourth-order valence-electron chi connectivity index (χ4n) is 1.73. The highest BCUT2D eigenvalue weighted by Gasteiger charge is 2.15. The fourth-order valence-corrected chi connectivity index (χ4v) is 1.73. The van der Waals surface area contributed by atoms with Crippen LogP contribution in [-0.2, 0) is 6.54 Å². The van der Waals surface area contributed by atoms with E-state index in [-0.39, 0.29) is 0 Å². The smallest absolute Gasteiger partial charge is 0.176 e. The van der Waals surface area contributed by atoms with Crippen molar-refractivity contribution in [3.63, 3.8) is 0 Å². The summed E-state index contributed by atoms with van der Waals surface area (Å²) in [5.41, 5.74) is 5.06. The van der Waals surface area contributed by atoms with E-state index in [1.165, 1.54) is 11.9 Å². The van der Waals surface area contributed by atoms with Gasteiger partial charge in [0, 0.05) is 0 Å². The SMILES string of the molecule is C1=Nc2cncnc2N(Cc2ccccc2)N1. The first-order chi connectivity index (χ1) is 8.43. The van der Waals surface area contributed by atoms with Gasteiger partial charge in [-0.2, -0.15) is 0 Å². The van der Waals surface area contributed by atoms with Crippen molar-refractivity contribution in [1.29, 1.82) is 0 Å². The number of rotatable bonds is 2. The molecule has 0 unspecified atom stereocenters. The van der Waals surface area contributed by atoms with Crippen LogP contribution in [0.2, 0.25) is 0 Å². The zero-order valence-electron chi connectivity index (χ0n) is 9.11. The van der Waals surface area contributed by atoms with Crippen molar-refractivity contribution in [3.8, 4) is 0 Å². The lowest BCUT2D eigenvalue weighted by atomic mass is 10.2. The number of hydrogen-bond acceptors (Lipinski definition) is 5. The Labute approximate surface area is 98.8 Å². The molecule has 1 aromatic carbocycles. The zero-order valence-corrected chi connectivity index (χ0v) is 9.11. The van der Waals surface area contributed by atoms with Crippen LogP contribution in [0.25, 0.3) is 0 Å². The van der Waals surface area contributed by atoms with Crippen LogP contribution in [0.4, 0.5) is 11.5 Å². The van der Waals surface area contributed by atoms with Gasteiger partial charge in [0.2, 0.25) is 0 Å². The maximum absolute atomic E-state index is 4.24. The second kappa shape index (κ2) is 4.21. The molecule has 1 aliphatic rings. The van der Waals surface area contributed by atoms with Gasteiger partial charge in [0.15, 0.2) is 5.82 Å². The van der Waals surface area contributed by atoms with Crippen molar-refractivity contribution in [2.75, 3.05) is 5.01 Å². The van der Waals surface area contributed by atoms with Gasteiger partial charge in [0.1, 0.15) is 18.4 Å². The standard InChI is InChI=1S/C12H11N5/c1-2-4-10(5-3-1)7-17-12-11(14-9-16-17)6-13-8-15-12/h1-6,8-9H,7H2,(H,14,16). The third kappa shape index (κ3) is 1.94. The molecule has 0 aliphatic carbocycles. The highest BCUT2D eigenvalue weighted by Crippen LogP contribution is 2.26. The second-order valence-electron chi connectivity index (χ2n) is 3.69. The molecule has 1 N–H and O–H groups in total. The van der Waals surface area contributed by atoms with E-state index in [0.717, 1.165) is 18.1 Å². The van der Waals surface area contributed by atoms with Gasteiger partial charge in [-0.05, 0) is 5.56 Å². The van der Waals surface area contributed by atoms with E-state index in [1.807, 2.05) is 23.2 Å². The van der Waals surface area contributed by atoms with E-state index in [1.54, 1.807) is 12.5 Å². The Morgan fingerprint density at radius 3 is 2.94 bits per heavy atom. The molecule has 2 aromatic rings. The molecule has 0 radical (unpaired) electrons. The summed E-state index contributed by atoms with van der Waals surface area (Å²) in [5, 5.41) is 1.94. The van der Waals surface area contributed by atoms with Gasteiger partial charge in [-0.25, -0.2) is 15.0 Å². The van der Waals surface area contributed by atoms with Gasteiger partial charge in [0.25, 0.3) is 0 Å². The van der Waals surface area contributed by atoms with Crippen LogP contribution >= 0.6 is 0 Å². The van der Waals surface area contributed by atoms with E-state index in [0.29, 0.717) is 0 Å². The molecule has 2 heterocycles. The normalized spacial score (nSPS) is 13.1. The summed E-state index contributed by atoms with van der Waals surface area (Å²) in [4.78, 5) is 12.4. The molecule has 0 amide bonds. The van der Waals surface area contributed by atoms with Gasteiger partial charge >= 0.3 is 0 Å². The van der Waals surface area contributed by atoms with Crippen molar-refractivity contribution >= 4 is 17.8 Å². The molecule has 0 saturated heterocycles. The number of benzene rings is 1. The minimum Gasteiger partial charge on any atom is -0.286 e. The number of hydrogen-bond donors (Lipinski definition) is 1. The average molecular weight is 225 g/mol. The Bertz CT molecular complexity index is 538. The van der Waals surface area contributed by atoms with Gasteiger partial charge in [-0.15, -0.1) is 0 Å². The van der Waals surface area contributed by atoms with Crippen LogP contribution in [-0.4, -0.2) is 16.3 Å². The number of nitrogens with zero attached hydrogens (tertiary/aromatic N) is 4. The number of nitrogens with one attached hydrogen (secondary N) is 1.